The third kappa shape index (κ3) is 4.14. The Bertz CT molecular complexity index is 608. The van der Waals surface area contributed by atoms with E-state index in [9.17, 15) is 0 Å². The van der Waals surface area contributed by atoms with Gasteiger partial charge < -0.3 is 9.88 Å². The molecule has 2 rings (SSSR count). The van der Waals surface area contributed by atoms with Gasteiger partial charge in [0.15, 0.2) is 0 Å². The second kappa shape index (κ2) is 7.19. The summed E-state index contributed by atoms with van der Waals surface area (Å²) in [6, 6.07) is 5.65. The highest BCUT2D eigenvalue weighted by atomic mass is 35.5. The first-order valence-corrected chi connectivity index (χ1v) is 8.02. The molecular formula is C16H21Cl2N3. The molecule has 1 N–H and O–H groups in total. The van der Waals surface area contributed by atoms with Crippen molar-refractivity contribution in [2.75, 3.05) is 5.32 Å². The quantitative estimate of drug-likeness (QED) is 0.762. The molecule has 1 unspecified atom stereocenters. The number of hydrogen-bond donors (Lipinski definition) is 1. The fourth-order valence-electron chi connectivity index (χ4n) is 2.28. The lowest BCUT2D eigenvalue weighted by Crippen LogP contribution is -2.12. The molecule has 21 heavy (non-hydrogen) atoms. The average Bonchev–Trinajstić information content (AvgIpc) is 2.76. The number of benzene rings is 1. The van der Waals surface area contributed by atoms with Gasteiger partial charge in [-0.1, -0.05) is 42.6 Å². The molecule has 0 aliphatic heterocycles. The predicted molar refractivity (Wildman–Crippen MR) is 90.4 cm³/mol. The van der Waals surface area contributed by atoms with E-state index in [1.54, 1.807) is 6.07 Å². The third-order valence-corrected chi connectivity index (χ3v) is 3.99. The Balaban J connectivity index is 2.17. The van der Waals surface area contributed by atoms with Gasteiger partial charge in [-0.25, -0.2) is 4.98 Å². The van der Waals surface area contributed by atoms with Crippen LogP contribution >= 0.6 is 23.2 Å². The minimum Gasteiger partial charge on any atom is -0.349 e. The monoisotopic (exact) mass is 325 g/mol. The summed E-state index contributed by atoms with van der Waals surface area (Å²) < 4.78 is 2.17. The van der Waals surface area contributed by atoms with E-state index < -0.39 is 0 Å². The molecule has 1 aromatic heterocycles. The Morgan fingerprint density at radius 2 is 2.10 bits per heavy atom. The van der Waals surface area contributed by atoms with E-state index in [0.29, 0.717) is 10.0 Å². The van der Waals surface area contributed by atoms with Gasteiger partial charge in [-0.15, -0.1) is 0 Å². The first-order valence-electron chi connectivity index (χ1n) is 7.26. The molecule has 0 saturated heterocycles. The van der Waals surface area contributed by atoms with E-state index in [2.05, 4.69) is 34.9 Å². The lowest BCUT2D eigenvalue weighted by molar-refractivity contribution is 0.630. The van der Waals surface area contributed by atoms with Crippen LogP contribution in [0.5, 0.6) is 0 Å². The number of aromatic nitrogens is 2. The molecule has 1 aromatic carbocycles. The van der Waals surface area contributed by atoms with Gasteiger partial charge in [-0.05, 0) is 38.0 Å². The first-order chi connectivity index (χ1) is 10.0. The maximum Gasteiger partial charge on any atom is 0.203 e. The lowest BCUT2D eigenvalue weighted by atomic mass is 10.1. The Morgan fingerprint density at radius 3 is 2.76 bits per heavy atom. The summed E-state index contributed by atoms with van der Waals surface area (Å²) in [6.07, 6.45) is 4.38. The molecule has 3 nitrogen and oxygen atoms in total. The molecule has 0 spiro atoms. The fourth-order valence-corrected chi connectivity index (χ4v) is 2.86. The highest BCUT2D eigenvalue weighted by molar-refractivity contribution is 6.35. The zero-order valence-corrected chi connectivity index (χ0v) is 14.2. The smallest absolute Gasteiger partial charge is 0.203 e. The Hall–Kier alpha value is -1.19. The van der Waals surface area contributed by atoms with E-state index in [1.165, 1.54) is 0 Å². The number of nitrogens with one attached hydrogen (secondary N) is 1. The minimum atomic E-state index is 0.0666. The van der Waals surface area contributed by atoms with Crippen LogP contribution in [0, 0.1) is 6.92 Å². The van der Waals surface area contributed by atoms with Gasteiger partial charge in [0, 0.05) is 22.8 Å². The molecule has 1 atom stereocenters. The highest BCUT2D eigenvalue weighted by Gasteiger charge is 2.13. The number of halogens is 2. The third-order valence-electron chi connectivity index (χ3n) is 3.42. The lowest BCUT2D eigenvalue weighted by Gasteiger charge is -2.17. The van der Waals surface area contributed by atoms with E-state index in [1.807, 2.05) is 19.1 Å². The Morgan fingerprint density at radius 1 is 1.33 bits per heavy atom. The predicted octanol–water partition coefficient (Wildman–Crippen LogP) is 5.47. The van der Waals surface area contributed by atoms with Crippen LogP contribution in [0.2, 0.25) is 10.0 Å². The Labute approximate surface area is 136 Å². The van der Waals surface area contributed by atoms with Gasteiger partial charge >= 0.3 is 0 Å². The van der Waals surface area contributed by atoms with Crippen LogP contribution in [0.1, 0.15) is 44.0 Å². The van der Waals surface area contributed by atoms with E-state index in [4.69, 9.17) is 23.2 Å². The summed E-state index contributed by atoms with van der Waals surface area (Å²) in [7, 11) is 0. The van der Waals surface area contributed by atoms with E-state index in [0.717, 1.165) is 36.6 Å². The van der Waals surface area contributed by atoms with Crippen molar-refractivity contribution in [1.82, 2.24) is 9.55 Å². The van der Waals surface area contributed by atoms with Crippen molar-refractivity contribution in [3.8, 4) is 0 Å². The number of aryl methyl sites for hydroxylation is 2. The molecule has 114 valence electrons. The van der Waals surface area contributed by atoms with Crippen molar-refractivity contribution in [2.45, 2.75) is 46.2 Å². The fraction of sp³-hybridized carbons (Fsp3) is 0.438. The van der Waals surface area contributed by atoms with Crippen molar-refractivity contribution in [1.29, 1.82) is 0 Å². The van der Waals surface area contributed by atoms with Gasteiger partial charge in [-0.3, -0.25) is 0 Å². The number of anilines is 1. The van der Waals surface area contributed by atoms with Gasteiger partial charge in [0.25, 0.3) is 0 Å². The number of nitrogens with zero attached hydrogens (tertiary/aromatic N) is 2. The second-order valence-electron chi connectivity index (χ2n) is 5.28. The number of unbranched alkanes of at least 4 members (excludes halogenated alkanes) is 1. The van der Waals surface area contributed by atoms with Crippen LogP contribution in [0.3, 0.4) is 0 Å². The summed E-state index contributed by atoms with van der Waals surface area (Å²) in [5, 5.41) is 4.76. The van der Waals surface area contributed by atoms with Crippen molar-refractivity contribution in [2.24, 2.45) is 0 Å². The normalized spacial score (nSPS) is 12.4. The van der Waals surface area contributed by atoms with Gasteiger partial charge in [0.2, 0.25) is 5.95 Å². The van der Waals surface area contributed by atoms with Crippen LogP contribution < -0.4 is 5.32 Å². The number of hydrogen-bond acceptors (Lipinski definition) is 2. The molecule has 5 heteroatoms. The van der Waals surface area contributed by atoms with Gasteiger partial charge in [-0.2, -0.15) is 0 Å². The molecule has 0 fully saturated rings. The molecular weight excluding hydrogens is 305 g/mol. The van der Waals surface area contributed by atoms with Crippen molar-refractivity contribution in [3.05, 3.63) is 45.7 Å². The van der Waals surface area contributed by atoms with Crippen LogP contribution in [0.15, 0.2) is 24.4 Å². The molecule has 0 bridgehead atoms. The summed E-state index contributed by atoms with van der Waals surface area (Å²) in [5.74, 6) is 0.888. The topological polar surface area (TPSA) is 29.9 Å². The maximum absolute atomic E-state index is 6.27. The summed E-state index contributed by atoms with van der Waals surface area (Å²) >= 11 is 12.2. The number of rotatable bonds is 6. The molecule has 0 aliphatic rings. The average molecular weight is 326 g/mol. The summed E-state index contributed by atoms with van der Waals surface area (Å²) in [4.78, 5) is 4.56. The van der Waals surface area contributed by atoms with Crippen LogP contribution in [-0.2, 0) is 6.54 Å². The molecule has 0 amide bonds. The van der Waals surface area contributed by atoms with E-state index >= 15 is 0 Å². The van der Waals surface area contributed by atoms with Crippen LogP contribution in [-0.4, -0.2) is 9.55 Å². The van der Waals surface area contributed by atoms with E-state index in [-0.39, 0.29) is 6.04 Å². The van der Waals surface area contributed by atoms with Crippen LogP contribution in [0.4, 0.5) is 5.95 Å². The molecule has 0 saturated carbocycles. The molecule has 2 aromatic rings. The number of imidazole rings is 1. The van der Waals surface area contributed by atoms with Crippen molar-refractivity contribution >= 4 is 29.2 Å². The second-order valence-corrected chi connectivity index (χ2v) is 6.13. The van der Waals surface area contributed by atoms with Crippen molar-refractivity contribution < 1.29 is 0 Å². The molecule has 0 aliphatic carbocycles. The highest BCUT2D eigenvalue weighted by Crippen LogP contribution is 2.28. The summed E-state index contributed by atoms with van der Waals surface area (Å²) in [5.41, 5.74) is 2.03. The largest absolute Gasteiger partial charge is 0.349 e. The standard InChI is InChI=1S/C16H21Cl2N3/c1-4-5-8-21-10-11(2)19-16(21)20-12(3)14-7-6-13(17)9-15(14)18/h6-7,9-10,12H,4-5,8H2,1-3H3,(H,19,20). The minimum absolute atomic E-state index is 0.0666. The SMILES string of the molecule is CCCCn1cc(C)nc1NC(C)c1ccc(Cl)cc1Cl. The zero-order valence-electron chi connectivity index (χ0n) is 12.7. The Kier molecular flexibility index (Phi) is 5.54. The van der Waals surface area contributed by atoms with Crippen molar-refractivity contribution in [3.63, 3.8) is 0 Å². The van der Waals surface area contributed by atoms with Gasteiger partial charge in [0.1, 0.15) is 0 Å². The first kappa shape index (κ1) is 16.2. The van der Waals surface area contributed by atoms with Gasteiger partial charge in [0.05, 0.1) is 11.7 Å². The van der Waals surface area contributed by atoms with Crippen LogP contribution in [0.25, 0.3) is 0 Å². The summed E-state index contributed by atoms with van der Waals surface area (Å²) in [6.45, 7) is 7.24. The molecule has 0 radical (unpaired) electrons. The maximum atomic E-state index is 6.27. The zero-order chi connectivity index (χ0) is 15.4. The molecule has 1 heterocycles.